The highest BCUT2D eigenvalue weighted by Gasteiger charge is 2.10. The Kier molecular flexibility index (Phi) is 4.19. The lowest BCUT2D eigenvalue weighted by atomic mass is 10.1. The van der Waals surface area contributed by atoms with E-state index in [9.17, 15) is 4.79 Å². The van der Waals surface area contributed by atoms with Crippen LogP contribution >= 0.6 is 31.9 Å². The van der Waals surface area contributed by atoms with Gasteiger partial charge in [-0.25, -0.2) is 0 Å². The Morgan fingerprint density at radius 1 is 1.11 bits per heavy atom. The summed E-state index contributed by atoms with van der Waals surface area (Å²) in [6.07, 6.45) is 0. The molecule has 1 amide bonds. The van der Waals surface area contributed by atoms with Crippen molar-refractivity contribution in [1.82, 2.24) is 0 Å². The molecule has 0 atom stereocenters. The smallest absolute Gasteiger partial charge is 0.255 e. The highest BCUT2D eigenvalue weighted by atomic mass is 79.9. The maximum absolute atomic E-state index is 12.2. The number of hydrogen-bond acceptors (Lipinski definition) is 1. The van der Waals surface area contributed by atoms with Crippen LogP contribution in [0.15, 0.2) is 51.4 Å². The van der Waals surface area contributed by atoms with Gasteiger partial charge in [0.2, 0.25) is 0 Å². The van der Waals surface area contributed by atoms with Crippen LogP contribution in [0.3, 0.4) is 0 Å². The molecule has 1 N–H and O–H groups in total. The predicted molar refractivity (Wildman–Crippen MR) is 81.0 cm³/mol. The minimum atomic E-state index is -0.105. The van der Waals surface area contributed by atoms with E-state index in [1.807, 2.05) is 49.4 Å². The van der Waals surface area contributed by atoms with Gasteiger partial charge in [-0.15, -0.1) is 0 Å². The van der Waals surface area contributed by atoms with Crippen LogP contribution in [0.1, 0.15) is 15.9 Å². The normalized spacial score (nSPS) is 10.2. The minimum Gasteiger partial charge on any atom is -0.322 e. The third-order valence-corrected chi connectivity index (χ3v) is 3.95. The van der Waals surface area contributed by atoms with Crippen molar-refractivity contribution in [2.24, 2.45) is 0 Å². The number of hydrogen-bond donors (Lipinski definition) is 1. The zero-order valence-electron chi connectivity index (χ0n) is 9.71. The van der Waals surface area contributed by atoms with Crippen molar-refractivity contribution in [3.63, 3.8) is 0 Å². The molecule has 0 aliphatic heterocycles. The number of rotatable bonds is 2. The molecule has 2 rings (SSSR count). The van der Waals surface area contributed by atoms with Crippen molar-refractivity contribution in [2.75, 3.05) is 5.32 Å². The van der Waals surface area contributed by atoms with Crippen molar-refractivity contribution in [3.05, 3.63) is 62.5 Å². The van der Waals surface area contributed by atoms with E-state index in [2.05, 4.69) is 37.2 Å². The van der Waals surface area contributed by atoms with Gasteiger partial charge in [-0.3, -0.25) is 4.79 Å². The van der Waals surface area contributed by atoms with Gasteiger partial charge in [-0.1, -0.05) is 44.0 Å². The van der Waals surface area contributed by atoms with Gasteiger partial charge in [0.1, 0.15) is 0 Å². The predicted octanol–water partition coefficient (Wildman–Crippen LogP) is 4.77. The first kappa shape index (κ1) is 13.3. The molecule has 0 radical (unpaired) electrons. The van der Waals surface area contributed by atoms with E-state index in [0.29, 0.717) is 5.56 Å². The lowest BCUT2D eigenvalue weighted by Crippen LogP contribution is -2.13. The van der Waals surface area contributed by atoms with Crippen LogP contribution in [0.5, 0.6) is 0 Å². The number of carbonyl (C=O) groups is 1. The van der Waals surface area contributed by atoms with E-state index in [0.717, 1.165) is 20.2 Å². The Hall–Kier alpha value is -1.13. The Morgan fingerprint density at radius 3 is 2.56 bits per heavy atom. The largest absolute Gasteiger partial charge is 0.322 e. The minimum absolute atomic E-state index is 0.105. The summed E-state index contributed by atoms with van der Waals surface area (Å²) in [5.74, 6) is -0.105. The van der Waals surface area contributed by atoms with Gasteiger partial charge in [0, 0.05) is 20.2 Å². The monoisotopic (exact) mass is 367 g/mol. The van der Waals surface area contributed by atoms with Crippen LogP contribution in [-0.4, -0.2) is 5.91 Å². The van der Waals surface area contributed by atoms with E-state index in [4.69, 9.17) is 0 Å². The van der Waals surface area contributed by atoms with Crippen LogP contribution in [0.2, 0.25) is 0 Å². The molecule has 0 bridgehead atoms. The van der Waals surface area contributed by atoms with Gasteiger partial charge in [0.25, 0.3) is 5.91 Å². The van der Waals surface area contributed by atoms with E-state index in [1.165, 1.54) is 0 Å². The van der Waals surface area contributed by atoms with E-state index in [1.54, 1.807) is 0 Å². The number of carbonyl (C=O) groups excluding carboxylic acids is 1. The average Bonchev–Trinajstić information content (AvgIpc) is 2.32. The summed E-state index contributed by atoms with van der Waals surface area (Å²) in [5, 5.41) is 2.88. The first-order valence-corrected chi connectivity index (χ1v) is 6.98. The first-order valence-electron chi connectivity index (χ1n) is 5.40. The van der Waals surface area contributed by atoms with Gasteiger partial charge in [-0.2, -0.15) is 0 Å². The summed E-state index contributed by atoms with van der Waals surface area (Å²) < 4.78 is 1.87. The summed E-state index contributed by atoms with van der Waals surface area (Å²) in [7, 11) is 0. The lowest BCUT2D eigenvalue weighted by molar-refractivity contribution is 0.102. The standard InChI is InChI=1S/C14H11Br2NO/c1-9-12(6-3-7-13(9)16)14(18)17-11-5-2-4-10(15)8-11/h2-8H,1H3,(H,17,18). The highest BCUT2D eigenvalue weighted by molar-refractivity contribution is 9.10. The molecule has 0 heterocycles. The van der Waals surface area contributed by atoms with Crippen molar-refractivity contribution in [1.29, 1.82) is 0 Å². The zero-order valence-corrected chi connectivity index (χ0v) is 12.9. The van der Waals surface area contributed by atoms with Crippen LogP contribution in [0, 0.1) is 6.92 Å². The molecule has 92 valence electrons. The van der Waals surface area contributed by atoms with Gasteiger partial charge in [-0.05, 0) is 42.8 Å². The lowest BCUT2D eigenvalue weighted by Gasteiger charge is -2.09. The number of benzene rings is 2. The Balaban J connectivity index is 2.25. The molecule has 2 aromatic carbocycles. The summed E-state index contributed by atoms with van der Waals surface area (Å²) in [6.45, 7) is 1.92. The Morgan fingerprint density at radius 2 is 1.83 bits per heavy atom. The SMILES string of the molecule is Cc1c(Br)cccc1C(=O)Nc1cccc(Br)c1. The molecule has 0 saturated heterocycles. The second kappa shape index (κ2) is 5.67. The Labute approximate surface area is 123 Å². The molecule has 2 aromatic rings. The number of anilines is 1. The molecule has 2 nitrogen and oxygen atoms in total. The summed E-state index contributed by atoms with van der Waals surface area (Å²) in [5.41, 5.74) is 2.38. The highest BCUT2D eigenvalue weighted by Crippen LogP contribution is 2.21. The molecule has 0 saturated carbocycles. The molecule has 0 aliphatic carbocycles. The van der Waals surface area contributed by atoms with Crippen molar-refractivity contribution < 1.29 is 4.79 Å². The van der Waals surface area contributed by atoms with Crippen LogP contribution < -0.4 is 5.32 Å². The van der Waals surface area contributed by atoms with E-state index in [-0.39, 0.29) is 5.91 Å². The topological polar surface area (TPSA) is 29.1 Å². The molecule has 0 unspecified atom stereocenters. The fraction of sp³-hybridized carbons (Fsp3) is 0.0714. The number of amides is 1. The fourth-order valence-corrected chi connectivity index (χ4v) is 2.38. The molecular formula is C14H11Br2NO. The van der Waals surface area contributed by atoms with Crippen molar-refractivity contribution in [3.8, 4) is 0 Å². The van der Waals surface area contributed by atoms with Gasteiger partial charge >= 0.3 is 0 Å². The summed E-state index contributed by atoms with van der Waals surface area (Å²) >= 11 is 6.80. The number of nitrogens with one attached hydrogen (secondary N) is 1. The van der Waals surface area contributed by atoms with Crippen molar-refractivity contribution >= 4 is 43.5 Å². The first-order chi connectivity index (χ1) is 8.58. The van der Waals surface area contributed by atoms with E-state index >= 15 is 0 Å². The summed E-state index contributed by atoms with van der Waals surface area (Å²) in [4.78, 5) is 12.2. The van der Waals surface area contributed by atoms with Gasteiger partial charge < -0.3 is 5.32 Å². The maximum Gasteiger partial charge on any atom is 0.255 e. The number of halogens is 2. The average molecular weight is 369 g/mol. The molecular weight excluding hydrogens is 358 g/mol. The molecule has 0 aromatic heterocycles. The molecule has 0 spiro atoms. The molecule has 0 fully saturated rings. The van der Waals surface area contributed by atoms with Gasteiger partial charge in [0.15, 0.2) is 0 Å². The zero-order chi connectivity index (χ0) is 13.1. The molecule has 0 aliphatic rings. The molecule has 4 heteroatoms. The van der Waals surface area contributed by atoms with Crippen molar-refractivity contribution in [2.45, 2.75) is 6.92 Å². The van der Waals surface area contributed by atoms with Crippen LogP contribution in [0.25, 0.3) is 0 Å². The Bertz CT molecular complexity index is 596. The fourth-order valence-electron chi connectivity index (χ4n) is 1.62. The van der Waals surface area contributed by atoms with Crippen LogP contribution in [0.4, 0.5) is 5.69 Å². The summed E-state index contributed by atoms with van der Waals surface area (Å²) in [6, 6.07) is 13.1. The maximum atomic E-state index is 12.2. The van der Waals surface area contributed by atoms with Gasteiger partial charge in [0.05, 0.1) is 0 Å². The second-order valence-electron chi connectivity index (χ2n) is 3.88. The quantitative estimate of drug-likeness (QED) is 0.812. The third kappa shape index (κ3) is 3.00. The van der Waals surface area contributed by atoms with E-state index < -0.39 is 0 Å². The third-order valence-electron chi connectivity index (χ3n) is 2.59. The molecule has 18 heavy (non-hydrogen) atoms. The second-order valence-corrected chi connectivity index (χ2v) is 5.65. The van der Waals surface area contributed by atoms with Crippen LogP contribution in [-0.2, 0) is 0 Å².